The molecule has 0 aliphatic carbocycles. The summed E-state index contributed by atoms with van der Waals surface area (Å²) >= 11 is 1.47. The quantitative estimate of drug-likeness (QED) is 0.299. The summed E-state index contributed by atoms with van der Waals surface area (Å²) in [4.78, 5) is 22.2. The van der Waals surface area contributed by atoms with Gasteiger partial charge in [-0.2, -0.15) is 14.8 Å². The number of thiazole rings is 1. The van der Waals surface area contributed by atoms with Crippen LogP contribution in [0.4, 0.5) is 5.13 Å². The highest BCUT2D eigenvalue weighted by Crippen LogP contribution is 2.32. The van der Waals surface area contributed by atoms with E-state index in [2.05, 4.69) is 17.0 Å². The van der Waals surface area contributed by atoms with Crippen molar-refractivity contribution in [3.63, 3.8) is 0 Å². The van der Waals surface area contributed by atoms with Crippen molar-refractivity contribution in [2.45, 2.75) is 38.0 Å². The van der Waals surface area contributed by atoms with Crippen molar-refractivity contribution >= 4 is 55.0 Å². The van der Waals surface area contributed by atoms with Crippen LogP contribution in [0.3, 0.4) is 0 Å². The van der Waals surface area contributed by atoms with Gasteiger partial charge in [0, 0.05) is 38.0 Å². The number of amides is 1. The Kier molecular flexibility index (Phi) is 11.8. The first-order valence-electron chi connectivity index (χ1n) is 12.3. The predicted octanol–water partition coefficient (Wildman–Crippen LogP) is 4.75. The molecule has 0 radical (unpaired) electrons. The number of carbonyl (C=O) groups excluding carboxylic acids is 1. The van der Waals surface area contributed by atoms with Crippen molar-refractivity contribution in [3.8, 4) is 12.1 Å². The first-order chi connectivity index (χ1) is 18.1. The number of halogens is 1. The lowest BCUT2D eigenvalue weighted by molar-refractivity contribution is 0.0986. The molecular weight excluding hydrogens is 556 g/mol. The number of fused-ring (bicyclic) bond motifs is 1. The van der Waals surface area contributed by atoms with E-state index in [1.807, 2.05) is 40.1 Å². The zero-order valence-corrected chi connectivity index (χ0v) is 25.0. The summed E-state index contributed by atoms with van der Waals surface area (Å²) < 4.78 is 28.4. The molecule has 1 amide bonds. The molecule has 12 heteroatoms. The highest BCUT2D eigenvalue weighted by atomic mass is 35.5. The average molecular weight is 589 g/mol. The molecule has 1 aromatic heterocycles. The summed E-state index contributed by atoms with van der Waals surface area (Å²) in [6.45, 7) is 5.29. The molecule has 0 bridgehead atoms. The molecular formula is C27H33ClN6O3S2. The molecule has 0 saturated carbocycles. The summed E-state index contributed by atoms with van der Waals surface area (Å²) in [6, 6.07) is 13.8. The van der Waals surface area contributed by atoms with Crippen LogP contribution >= 0.6 is 23.7 Å². The lowest BCUT2D eigenvalue weighted by atomic mass is 10.1. The first-order valence-corrected chi connectivity index (χ1v) is 14.5. The molecule has 3 rings (SSSR count). The third kappa shape index (κ3) is 7.98. The summed E-state index contributed by atoms with van der Waals surface area (Å²) in [5.74, 6) is -0.257. The summed E-state index contributed by atoms with van der Waals surface area (Å²) in [5.41, 5.74) is 3.40. The summed E-state index contributed by atoms with van der Waals surface area (Å²) in [6.07, 6.45) is 0.778. The van der Waals surface area contributed by atoms with Crippen LogP contribution in [0.1, 0.15) is 40.7 Å². The van der Waals surface area contributed by atoms with Gasteiger partial charge < -0.3 is 4.90 Å². The molecule has 0 aliphatic heterocycles. The second kappa shape index (κ2) is 14.4. The van der Waals surface area contributed by atoms with Gasteiger partial charge in [0.25, 0.3) is 5.91 Å². The number of nitriles is 2. The van der Waals surface area contributed by atoms with Crippen LogP contribution < -0.4 is 4.90 Å². The molecule has 3 aromatic rings. The number of carbonyl (C=O) groups is 1. The molecule has 0 atom stereocenters. The Morgan fingerprint density at radius 2 is 1.59 bits per heavy atom. The third-order valence-electron chi connectivity index (χ3n) is 5.97. The normalized spacial score (nSPS) is 11.3. The lowest BCUT2D eigenvalue weighted by Crippen LogP contribution is -2.34. The van der Waals surface area contributed by atoms with Gasteiger partial charge in [-0.15, -0.1) is 12.4 Å². The first kappa shape index (κ1) is 32.2. The van der Waals surface area contributed by atoms with Gasteiger partial charge >= 0.3 is 0 Å². The fraction of sp³-hybridized carbons (Fsp3) is 0.407. The van der Waals surface area contributed by atoms with Gasteiger partial charge in [0.05, 0.1) is 27.3 Å². The second-order valence-electron chi connectivity index (χ2n) is 9.28. The SMILES string of the molecule is Cc1cc(C)c2nc(N(CCCN(C)C)C(=O)c3ccc(S(=O)(=O)N(CCC#N)CCC#N)cc3)sc2c1.Cl. The summed E-state index contributed by atoms with van der Waals surface area (Å²) in [5, 5.41) is 18.4. The molecule has 2 aromatic carbocycles. The Labute approximate surface area is 240 Å². The van der Waals surface area contributed by atoms with Crippen molar-refractivity contribution in [3.05, 3.63) is 53.1 Å². The van der Waals surface area contributed by atoms with E-state index >= 15 is 0 Å². The van der Waals surface area contributed by atoms with E-state index < -0.39 is 10.0 Å². The number of benzene rings is 2. The zero-order chi connectivity index (χ0) is 27.9. The molecule has 0 saturated heterocycles. The number of sulfonamides is 1. The number of aromatic nitrogens is 1. The fourth-order valence-corrected chi connectivity index (χ4v) is 6.69. The highest BCUT2D eigenvalue weighted by molar-refractivity contribution is 7.89. The van der Waals surface area contributed by atoms with Crippen LogP contribution in [0.15, 0.2) is 41.3 Å². The van der Waals surface area contributed by atoms with Gasteiger partial charge in [0.2, 0.25) is 10.0 Å². The molecule has 0 unspecified atom stereocenters. The lowest BCUT2D eigenvalue weighted by Gasteiger charge is -2.22. The standard InChI is InChI=1S/C27H32N6O3S2.ClH/c1-20-18-21(2)25-24(19-20)37-27(30-25)33(17-7-14-31(3)4)26(34)22-8-10-23(11-9-22)38(35,36)32(15-5-12-28)16-6-13-29;/h8-11,18-19H,5-7,14-17H2,1-4H3;1H. The predicted molar refractivity (Wildman–Crippen MR) is 157 cm³/mol. The van der Waals surface area contributed by atoms with Crippen molar-refractivity contribution in [2.24, 2.45) is 0 Å². The minimum atomic E-state index is -3.92. The average Bonchev–Trinajstić information content (AvgIpc) is 3.30. The largest absolute Gasteiger partial charge is 0.309 e. The Morgan fingerprint density at radius 1 is 0.974 bits per heavy atom. The number of aryl methyl sites for hydroxylation is 2. The maximum Gasteiger partial charge on any atom is 0.260 e. The van der Waals surface area contributed by atoms with E-state index in [1.165, 1.54) is 35.6 Å². The van der Waals surface area contributed by atoms with E-state index in [0.29, 0.717) is 17.2 Å². The molecule has 208 valence electrons. The van der Waals surface area contributed by atoms with E-state index in [4.69, 9.17) is 15.5 Å². The van der Waals surface area contributed by atoms with Gasteiger partial charge in [-0.3, -0.25) is 9.69 Å². The summed E-state index contributed by atoms with van der Waals surface area (Å²) in [7, 11) is 0.0358. The smallest absolute Gasteiger partial charge is 0.260 e. The molecule has 0 spiro atoms. The minimum Gasteiger partial charge on any atom is -0.309 e. The second-order valence-corrected chi connectivity index (χ2v) is 12.2. The van der Waals surface area contributed by atoms with Crippen molar-refractivity contribution < 1.29 is 13.2 Å². The monoisotopic (exact) mass is 588 g/mol. The molecule has 39 heavy (non-hydrogen) atoms. The van der Waals surface area contributed by atoms with E-state index in [1.54, 1.807) is 4.90 Å². The maximum absolute atomic E-state index is 13.7. The molecule has 0 N–H and O–H groups in total. The van der Waals surface area contributed by atoms with Crippen LogP contribution in [0.25, 0.3) is 10.2 Å². The highest BCUT2D eigenvalue weighted by Gasteiger charge is 2.26. The Hall–Kier alpha value is -3.06. The van der Waals surface area contributed by atoms with Crippen LogP contribution in [-0.4, -0.2) is 68.8 Å². The molecule has 1 heterocycles. The number of hydrogen-bond donors (Lipinski definition) is 0. The molecule has 9 nitrogen and oxygen atoms in total. The zero-order valence-electron chi connectivity index (χ0n) is 22.5. The van der Waals surface area contributed by atoms with Gasteiger partial charge in [0.15, 0.2) is 5.13 Å². The van der Waals surface area contributed by atoms with Crippen LogP contribution in [0.2, 0.25) is 0 Å². The fourth-order valence-electron chi connectivity index (χ4n) is 4.08. The van der Waals surface area contributed by atoms with Crippen LogP contribution in [-0.2, 0) is 10.0 Å². The van der Waals surface area contributed by atoms with E-state index in [-0.39, 0.29) is 49.1 Å². The van der Waals surface area contributed by atoms with E-state index in [9.17, 15) is 13.2 Å². The van der Waals surface area contributed by atoms with Crippen molar-refractivity contribution in [1.29, 1.82) is 10.5 Å². The van der Waals surface area contributed by atoms with Gasteiger partial charge in [-0.25, -0.2) is 13.4 Å². The van der Waals surface area contributed by atoms with E-state index in [0.717, 1.165) is 38.6 Å². The third-order valence-corrected chi connectivity index (χ3v) is 8.90. The topological polar surface area (TPSA) is 121 Å². The minimum absolute atomic E-state index is 0. The van der Waals surface area contributed by atoms with Crippen LogP contribution in [0.5, 0.6) is 0 Å². The molecule has 0 fully saturated rings. The van der Waals surface area contributed by atoms with Gasteiger partial charge in [-0.05, 0) is 82.4 Å². The number of anilines is 1. The number of hydrogen-bond acceptors (Lipinski definition) is 8. The number of nitrogens with zero attached hydrogens (tertiary/aromatic N) is 6. The van der Waals surface area contributed by atoms with Crippen molar-refractivity contribution in [1.82, 2.24) is 14.2 Å². The number of rotatable bonds is 12. The maximum atomic E-state index is 13.7. The van der Waals surface area contributed by atoms with Gasteiger partial charge in [-0.1, -0.05) is 17.4 Å². The Balaban J connectivity index is 0.00000533. The molecule has 0 aliphatic rings. The Morgan fingerprint density at radius 3 is 2.15 bits per heavy atom. The van der Waals surface area contributed by atoms with Crippen LogP contribution in [0, 0.1) is 36.5 Å². The van der Waals surface area contributed by atoms with Gasteiger partial charge in [0.1, 0.15) is 0 Å². The van der Waals surface area contributed by atoms with Crippen molar-refractivity contribution in [2.75, 3.05) is 45.2 Å². The Bertz CT molecular complexity index is 1460.